The molecule has 3 nitrogen and oxygen atoms in total. The zero-order chi connectivity index (χ0) is 25.8. The van der Waals surface area contributed by atoms with Crippen LogP contribution in [0, 0.1) is 0 Å². The minimum atomic E-state index is -4.41. The van der Waals surface area contributed by atoms with Gasteiger partial charge in [0.15, 0.2) is 0 Å². The zero-order valence-corrected chi connectivity index (χ0v) is 20.9. The molecule has 2 aliphatic carbocycles. The second kappa shape index (κ2) is 8.95. The van der Waals surface area contributed by atoms with Gasteiger partial charge in [-0.3, -0.25) is 4.79 Å². The quantitative estimate of drug-likeness (QED) is 0.277. The van der Waals surface area contributed by atoms with Crippen molar-refractivity contribution < 1.29 is 18.0 Å². The number of amides is 1. The number of fused-ring (bicyclic) bond motifs is 3. The normalized spacial score (nSPS) is 15.8. The van der Waals surface area contributed by atoms with E-state index < -0.39 is 11.7 Å². The van der Waals surface area contributed by atoms with Crippen LogP contribution in [0.3, 0.4) is 0 Å². The smallest absolute Gasteiger partial charge is 0.361 e. The van der Waals surface area contributed by atoms with E-state index in [9.17, 15) is 18.0 Å². The molecule has 1 N–H and O–H groups in total. The molecule has 1 fully saturated rings. The highest BCUT2D eigenvalue weighted by atomic mass is 35.5. The second-order valence-electron chi connectivity index (χ2n) is 10.3. The van der Waals surface area contributed by atoms with Crippen LogP contribution in [0.5, 0.6) is 0 Å². The van der Waals surface area contributed by atoms with E-state index >= 15 is 0 Å². The predicted octanol–water partition coefficient (Wildman–Crippen LogP) is 7.70. The van der Waals surface area contributed by atoms with Crippen LogP contribution in [-0.2, 0) is 31.0 Å². The monoisotopic (exact) mass is 522 g/mol. The fraction of sp³-hybridized carbons (Fsp3) is 0.300. The highest BCUT2D eigenvalue weighted by molar-refractivity contribution is 6.32. The summed E-state index contributed by atoms with van der Waals surface area (Å²) in [6.07, 6.45) is 2.41. The average Bonchev–Trinajstić information content (AvgIpc) is 3.36. The number of aromatic amines is 1. The number of carbonyl (C=O) groups is 1. The van der Waals surface area contributed by atoms with Crippen molar-refractivity contribution in [3.8, 4) is 0 Å². The second-order valence-corrected chi connectivity index (χ2v) is 10.8. The van der Waals surface area contributed by atoms with Gasteiger partial charge in [-0.15, -0.1) is 0 Å². The van der Waals surface area contributed by atoms with Gasteiger partial charge in [-0.05, 0) is 84.0 Å². The first kappa shape index (κ1) is 24.1. The molecule has 1 saturated carbocycles. The molecule has 0 aliphatic heterocycles. The van der Waals surface area contributed by atoms with Gasteiger partial charge < -0.3 is 9.88 Å². The van der Waals surface area contributed by atoms with E-state index in [-0.39, 0.29) is 12.5 Å². The van der Waals surface area contributed by atoms with E-state index in [1.54, 1.807) is 29.3 Å². The van der Waals surface area contributed by atoms with E-state index in [2.05, 4.69) is 23.2 Å². The van der Waals surface area contributed by atoms with E-state index in [1.165, 1.54) is 36.5 Å². The van der Waals surface area contributed by atoms with Crippen molar-refractivity contribution in [2.45, 2.75) is 50.2 Å². The average molecular weight is 523 g/mol. The number of benzene rings is 3. The molecule has 4 aromatic rings. The molecule has 0 unspecified atom stereocenters. The van der Waals surface area contributed by atoms with Crippen LogP contribution < -0.4 is 0 Å². The zero-order valence-electron chi connectivity index (χ0n) is 20.2. The van der Waals surface area contributed by atoms with Gasteiger partial charge in [-0.2, -0.15) is 13.2 Å². The fourth-order valence-corrected chi connectivity index (χ4v) is 5.99. The van der Waals surface area contributed by atoms with Crippen LogP contribution in [0.4, 0.5) is 13.2 Å². The van der Waals surface area contributed by atoms with Crippen LogP contribution in [0.1, 0.15) is 57.4 Å². The standard InChI is InChI=1S/C30H26ClF3N2O/c31-24-16-22-7-12-35-27(22)25(17-24)28(37)36(13-8-19-2-1-3-23(15-19)30(32,33)34)18-20-4-5-26-21(14-20)6-9-29(26)10-11-29/h1-5,7,12,14-17,35H,6,8-11,13,18H2. The molecular formula is C30H26ClF3N2O. The Kier molecular flexibility index (Phi) is 5.83. The number of alkyl halides is 3. The summed E-state index contributed by atoms with van der Waals surface area (Å²) < 4.78 is 39.7. The third kappa shape index (κ3) is 4.63. The molecule has 0 atom stereocenters. The molecule has 6 rings (SSSR count). The Hall–Kier alpha value is -3.25. The lowest BCUT2D eigenvalue weighted by molar-refractivity contribution is -0.137. The van der Waals surface area contributed by atoms with Crippen LogP contribution in [-0.4, -0.2) is 22.3 Å². The number of hydrogen-bond acceptors (Lipinski definition) is 1. The summed E-state index contributed by atoms with van der Waals surface area (Å²) in [6.45, 7) is 0.642. The largest absolute Gasteiger partial charge is 0.416 e. The number of aromatic nitrogens is 1. The summed E-state index contributed by atoms with van der Waals surface area (Å²) >= 11 is 6.33. The molecule has 3 aromatic carbocycles. The highest BCUT2D eigenvalue weighted by Gasteiger charge is 2.48. The summed E-state index contributed by atoms with van der Waals surface area (Å²) in [5, 5.41) is 1.29. The third-order valence-corrected chi connectivity index (χ3v) is 8.13. The fourth-order valence-electron chi connectivity index (χ4n) is 5.76. The summed E-state index contributed by atoms with van der Waals surface area (Å²) in [5.41, 5.74) is 5.21. The van der Waals surface area contributed by atoms with E-state index in [4.69, 9.17) is 11.6 Å². The minimum absolute atomic E-state index is 0.207. The molecule has 1 spiro atoms. The Bertz CT molecular complexity index is 1500. The van der Waals surface area contributed by atoms with Gasteiger partial charge >= 0.3 is 6.18 Å². The number of nitrogens with one attached hydrogen (secondary N) is 1. The van der Waals surface area contributed by atoms with E-state index in [0.29, 0.717) is 40.0 Å². The van der Waals surface area contributed by atoms with Crippen molar-refractivity contribution in [3.05, 3.63) is 105 Å². The number of halogens is 4. The SMILES string of the molecule is O=C(c1cc(Cl)cc2cc[nH]c12)N(CCc1cccc(C(F)(F)F)c1)Cc1ccc2c(c1)CCC21CC1. The van der Waals surface area contributed by atoms with Gasteiger partial charge in [0.25, 0.3) is 5.91 Å². The Morgan fingerprint density at radius 1 is 1.00 bits per heavy atom. The van der Waals surface area contributed by atoms with Crippen molar-refractivity contribution in [2.75, 3.05) is 6.54 Å². The van der Waals surface area contributed by atoms with Crippen LogP contribution >= 0.6 is 11.6 Å². The van der Waals surface area contributed by atoms with Crippen molar-refractivity contribution in [1.29, 1.82) is 0 Å². The van der Waals surface area contributed by atoms with Crippen molar-refractivity contribution in [3.63, 3.8) is 0 Å². The van der Waals surface area contributed by atoms with E-state index in [1.807, 2.05) is 6.07 Å². The summed E-state index contributed by atoms with van der Waals surface area (Å²) in [7, 11) is 0. The molecule has 2 aliphatic rings. The van der Waals surface area contributed by atoms with E-state index in [0.717, 1.165) is 29.5 Å². The van der Waals surface area contributed by atoms with Crippen LogP contribution in [0.15, 0.2) is 66.9 Å². The molecular weight excluding hydrogens is 497 g/mol. The van der Waals surface area contributed by atoms with Gasteiger partial charge in [0.1, 0.15) is 0 Å². The van der Waals surface area contributed by atoms with Crippen LogP contribution in [0.25, 0.3) is 10.9 Å². The molecule has 37 heavy (non-hydrogen) atoms. The van der Waals surface area contributed by atoms with Gasteiger partial charge in [-0.1, -0.05) is 48.0 Å². The molecule has 0 radical (unpaired) electrons. The Labute approximate surface area is 218 Å². The first-order valence-corrected chi connectivity index (χ1v) is 12.9. The van der Waals surface area contributed by atoms with Crippen molar-refractivity contribution in [1.82, 2.24) is 9.88 Å². The Morgan fingerprint density at radius 3 is 2.62 bits per heavy atom. The van der Waals surface area contributed by atoms with Gasteiger partial charge in [0, 0.05) is 29.7 Å². The number of hydrogen-bond donors (Lipinski definition) is 1. The predicted molar refractivity (Wildman–Crippen MR) is 139 cm³/mol. The first-order chi connectivity index (χ1) is 17.7. The molecule has 0 bridgehead atoms. The Morgan fingerprint density at radius 2 is 1.84 bits per heavy atom. The molecule has 0 saturated heterocycles. The summed E-state index contributed by atoms with van der Waals surface area (Å²) in [4.78, 5) is 18.7. The summed E-state index contributed by atoms with van der Waals surface area (Å²) in [6, 6.07) is 17.1. The van der Waals surface area contributed by atoms with Gasteiger partial charge in [0.05, 0.1) is 16.6 Å². The molecule has 7 heteroatoms. The molecule has 190 valence electrons. The van der Waals surface area contributed by atoms with Gasteiger partial charge in [0.2, 0.25) is 0 Å². The lowest BCUT2D eigenvalue weighted by Crippen LogP contribution is -2.33. The van der Waals surface area contributed by atoms with Crippen LogP contribution in [0.2, 0.25) is 5.02 Å². The topological polar surface area (TPSA) is 36.1 Å². The maximum Gasteiger partial charge on any atom is 0.416 e. The molecule has 1 heterocycles. The van der Waals surface area contributed by atoms with Crippen molar-refractivity contribution >= 4 is 28.4 Å². The lowest BCUT2D eigenvalue weighted by atomic mass is 9.97. The number of nitrogens with zero attached hydrogens (tertiary/aromatic N) is 1. The first-order valence-electron chi connectivity index (χ1n) is 12.6. The summed E-state index contributed by atoms with van der Waals surface area (Å²) in [5.74, 6) is -0.207. The van der Waals surface area contributed by atoms with Crippen molar-refractivity contribution in [2.24, 2.45) is 0 Å². The highest BCUT2D eigenvalue weighted by Crippen LogP contribution is 2.56. The number of carbonyl (C=O) groups excluding carboxylic acids is 1. The maximum atomic E-state index is 13.9. The maximum absolute atomic E-state index is 13.9. The lowest BCUT2D eigenvalue weighted by Gasteiger charge is -2.24. The Balaban J connectivity index is 1.31. The number of rotatable bonds is 6. The molecule has 1 aromatic heterocycles. The third-order valence-electron chi connectivity index (χ3n) is 7.91. The molecule has 1 amide bonds. The number of H-pyrrole nitrogens is 1. The van der Waals surface area contributed by atoms with Gasteiger partial charge in [-0.25, -0.2) is 0 Å². The number of aryl methyl sites for hydroxylation is 1. The minimum Gasteiger partial charge on any atom is -0.361 e.